The van der Waals surface area contributed by atoms with Crippen LogP contribution in [0, 0.1) is 11.6 Å². The van der Waals surface area contributed by atoms with Crippen LogP contribution in [0.25, 0.3) is 6.08 Å². The topological polar surface area (TPSA) is 9.23 Å². The summed E-state index contributed by atoms with van der Waals surface area (Å²) in [6.45, 7) is 0. The SMILES string of the molecule is COc1cc(C=CCBr)cc(F)c1F. The van der Waals surface area contributed by atoms with Crippen LogP contribution in [0.5, 0.6) is 5.75 Å². The summed E-state index contributed by atoms with van der Waals surface area (Å²) in [5.74, 6) is -1.94. The minimum Gasteiger partial charge on any atom is -0.494 e. The van der Waals surface area contributed by atoms with Gasteiger partial charge in [-0.3, -0.25) is 0 Å². The van der Waals surface area contributed by atoms with Crippen LogP contribution >= 0.6 is 15.9 Å². The smallest absolute Gasteiger partial charge is 0.200 e. The summed E-state index contributed by atoms with van der Waals surface area (Å²) in [4.78, 5) is 0. The van der Waals surface area contributed by atoms with E-state index >= 15 is 0 Å². The average molecular weight is 263 g/mol. The van der Waals surface area contributed by atoms with Crippen LogP contribution in [0.2, 0.25) is 0 Å². The van der Waals surface area contributed by atoms with E-state index < -0.39 is 11.6 Å². The highest BCUT2D eigenvalue weighted by Gasteiger charge is 2.09. The molecule has 0 saturated heterocycles. The first-order chi connectivity index (χ1) is 6.69. The van der Waals surface area contributed by atoms with E-state index in [2.05, 4.69) is 20.7 Å². The molecule has 1 aromatic rings. The van der Waals surface area contributed by atoms with Crippen LogP contribution in [0.1, 0.15) is 5.56 Å². The fourth-order valence-electron chi connectivity index (χ4n) is 1.01. The summed E-state index contributed by atoms with van der Waals surface area (Å²) in [6, 6.07) is 2.56. The molecule has 0 aliphatic rings. The molecule has 0 bridgehead atoms. The molecule has 0 heterocycles. The molecule has 0 aliphatic heterocycles. The molecule has 14 heavy (non-hydrogen) atoms. The molecule has 0 radical (unpaired) electrons. The molecular formula is C10H9BrF2O. The number of allylic oxidation sites excluding steroid dienone is 1. The van der Waals surface area contributed by atoms with Crippen LogP contribution in [-0.4, -0.2) is 12.4 Å². The molecule has 1 rings (SSSR count). The highest BCUT2D eigenvalue weighted by molar-refractivity contribution is 9.09. The van der Waals surface area contributed by atoms with Crippen molar-refractivity contribution in [1.82, 2.24) is 0 Å². The van der Waals surface area contributed by atoms with Gasteiger partial charge in [0.25, 0.3) is 0 Å². The second-order valence-electron chi connectivity index (χ2n) is 2.58. The quantitative estimate of drug-likeness (QED) is 0.759. The summed E-state index contributed by atoms with van der Waals surface area (Å²) in [7, 11) is 1.30. The van der Waals surface area contributed by atoms with Gasteiger partial charge in [-0.2, -0.15) is 4.39 Å². The lowest BCUT2D eigenvalue weighted by Gasteiger charge is -2.03. The Kier molecular flexibility index (Phi) is 4.07. The second-order valence-corrected chi connectivity index (χ2v) is 3.22. The number of ether oxygens (including phenoxy) is 1. The average Bonchev–Trinajstić information content (AvgIpc) is 2.19. The predicted octanol–water partition coefficient (Wildman–Crippen LogP) is 3.38. The molecule has 0 N–H and O–H groups in total. The lowest BCUT2D eigenvalue weighted by Crippen LogP contribution is -1.93. The number of rotatable bonds is 3. The molecule has 1 nitrogen and oxygen atoms in total. The third-order valence-electron chi connectivity index (χ3n) is 1.64. The van der Waals surface area contributed by atoms with Gasteiger partial charge in [0.15, 0.2) is 11.6 Å². The maximum atomic E-state index is 13.0. The first-order valence-corrected chi connectivity index (χ1v) is 5.06. The summed E-state index contributed by atoms with van der Waals surface area (Å²) in [5, 5.41) is 0.661. The zero-order valence-electron chi connectivity index (χ0n) is 7.56. The first kappa shape index (κ1) is 11.2. The largest absolute Gasteiger partial charge is 0.494 e. The van der Waals surface area contributed by atoms with Crippen LogP contribution < -0.4 is 4.74 Å². The van der Waals surface area contributed by atoms with E-state index in [0.29, 0.717) is 10.9 Å². The highest BCUT2D eigenvalue weighted by atomic mass is 79.9. The van der Waals surface area contributed by atoms with E-state index in [-0.39, 0.29) is 5.75 Å². The van der Waals surface area contributed by atoms with Crippen LogP contribution in [0.4, 0.5) is 8.78 Å². The lowest BCUT2D eigenvalue weighted by molar-refractivity contribution is 0.371. The van der Waals surface area contributed by atoms with Gasteiger partial charge in [0.1, 0.15) is 0 Å². The highest BCUT2D eigenvalue weighted by Crippen LogP contribution is 2.22. The van der Waals surface area contributed by atoms with Crippen molar-refractivity contribution < 1.29 is 13.5 Å². The Hall–Kier alpha value is -0.900. The van der Waals surface area contributed by atoms with Crippen molar-refractivity contribution in [2.45, 2.75) is 0 Å². The number of benzene rings is 1. The molecule has 76 valence electrons. The normalized spacial score (nSPS) is 10.9. The summed E-state index contributed by atoms with van der Waals surface area (Å²) >= 11 is 3.19. The van der Waals surface area contributed by atoms with E-state index in [9.17, 15) is 8.78 Å². The summed E-state index contributed by atoms with van der Waals surface area (Å²) < 4.78 is 30.6. The van der Waals surface area contributed by atoms with Gasteiger partial charge in [-0.05, 0) is 17.7 Å². The van der Waals surface area contributed by atoms with E-state index in [1.165, 1.54) is 13.2 Å². The Morgan fingerprint density at radius 3 is 2.71 bits per heavy atom. The predicted molar refractivity (Wildman–Crippen MR) is 55.7 cm³/mol. The van der Waals surface area contributed by atoms with E-state index in [0.717, 1.165) is 6.07 Å². The standard InChI is InChI=1S/C10H9BrF2O/c1-14-9-6-7(3-2-4-11)5-8(12)10(9)13/h2-3,5-6H,4H2,1H3. The fourth-order valence-corrected chi connectivity index (χ4v) is 1.20. The van der Waals surface area contributed by atoms with Crippen molar-refractivity contribution in [3.05, 3.63) is 35.4 Å². The monoisotopic (exact) mass is 262 g/mol. The third-order valence-corrected chi connectivity index (χ3v) is 2.01. The Bertz CT molecular complexity index is 350. The fraction of sp³-hybridized carbons (Fsp3) is 0.200. The van der Waals surface area contributed by atoms with Crippen molar-refractivity contribution in [2.75, 3.05) is 12.4 Å². The molecule has 1 aromatic carbocycles. The van der Waals surface area contributed by atoms with Gasteiger partial charge >= 0.3 is 0 Å². The van der Waals surface area contributed by atoms with Gasteiger partial charge in [0.05, 0.1) is 7.11 Å². The first-order valence-electron chi connectivity index (χ1n) is 3.94. The van der Waals surface area contributed by atoms with Crippen molar-refractivity contribution in [2.24, 2.45) is 0 Å². The van der Waals surface area contributed by atoms with Crippen molar-refractivity contribution in [3.8, 4) is 5.75 Å². The number of methoxy groups -OCH3 is 1. The third kappa shape index (κ3) is 2.54. The molecule has 0 unspecified atom stereocenters. The Morgan fingerprint density at radius 2 is 2.14 bits per heavy atom. The van der Waals surface area contributed by atoms with Gasteiger partial charge in [-0.1, -0.05) is 28.1 Å². The van der Waals surface area contributed by atoms with Gasteiger partial charge in [0.2, 0.25) is 5.82 Å². The van der Waals surface area contributed by atoms with Crippen molar-refractivity contribution in [3.63, 3.8) is 0 Å². The summed E-state index contributed by atoms with van der Waals surface area (Å²) in [6.07, 6.45) is 3.46. The van der Waals surface area contributed by atoms with Gasteiger partial charge in [-0.25, -0.2) is 4.39 Å². The van der Waals surface area contributed by atoms with E-state index in [4.69, 9.17) is 0 Å². The van der Waals surface area contributed by atoms with E-state index in [1.807, 2.05) is 0 Å². The van der Waals surface area contributed by atoms with Crippen LogP contribution in [-0.2, 0) is 0 Å². The van der Waals surface area contributed by atoms with Crippen molar-refractivity contribution in [1.29, 1.82) is 0 Å². The molecule has 0 aliphatic carbocycles. The minimum atomic E-state index is -0.955. The van der Waals surface area contributed by atoms with Gasteiger partial charge in [0, 0.05) is 5.33 Å². The molecular weight excluding hydrogens is 254 g/mol. The zero-order chi connectivity index (χ0) is 10.6. The Balaban J connectivity index is 3.09. The molecule has 0 saturated carbocycles. The second kappa shape index (κ2) is 5.10. The molecule has 0 amide bonds. The minimum absolute atomic E-state index is 0.0841. The van der Waals surface area contributed by atoms with Crippen LogP contribution in [0.15, 0.2) is 18.2 Å². The Morgan fingerprint density at radius 1 is 1.43 bits per heavy atom. The van der Waals surface area contributed by atoms with Crippen LogP contribution in [0.3, 0.4) is 0 Å². The van der Waals surface area contributed by atoms with Gasteiger partial charge in [-0.15, -0.1) is 0 Å². The molecule has 0 spiro atoms. The number of hydrogen-bond donors (Lipinski definition) is 0. The summed E-state index contributed by atoms with van der Waals surface area (Å²) in [5.41, 5.74) is 0.570. The number of hydrogen-bond acceptors (Lipinski definition) is 1. The molecule has 0 fully saturated rings. The molecule has 0 aromatic heterocycles. The van der Waals surface area contributed by atoms with E-state index in [1.54, 1.807) is 12.2 Å². The molecule has 0 atom stereocenters. The number of halogens is 3. The lowest BCUT2D eigenvalue weighted by atomic mass is 10.2. The molecule has 4 heteroatoms. The van der Waals surface area contributed by atoms with Crippen molar-refractivity contribution >= 4 is 22.0 Å². The maximum absolute atomic E-state index is 13.0. The maximum Gasteiger partial charge on any atom is 0.200 e. The number of alkyl halides is 1. The zero-order valence-corrected chi connectivity index (χ0v) is 9.14. The Labute approximate surface area is 89.5 Å². The van der Waals surface area contributed by atoms with Gasteiger partial charge < -0.3 is 4.74 Å².